The monoisotopic (exact) mass is 307 g/mol. The van der Waals surface area contributed by atoms with E-state index in [4.69, 9.17) is 4.74 Å². The van der Waals surface area contributed by atoms with Crippen molar-refractivity contribution < 1.29 is 13.9 Å². The lowest BCUT2D eigenvalue weighted by Crippen LogP contribution is -2.44. The first-order chi connectivity index (χ1) is 10.2. The van der Waals surface area contributed by atoms with Gasteiger partial charge in [-0.2, -0.15) is 0 Å². The first-order valence-electron chi connectivity index (χ1n) is 6.69. The second-order valence-corrected chi connectivity index (χ2v) is 5.74. The molecule has 0 spiro atoms. The predicted octanol–water partition coefficient (Wildman–Crippen LogP) is 2.36. The van der Waals surface area contributed by atoms with Crippen LogP contribution in [0.25, 0.3) is 0 Å². The molecule has 0 N–H and O–H groups in total. The molecule has 5 nitrogen and oxygen atoms in total. The van der Waals surface area contributed by atoms with Crippen LogP contribution < -0.4 is 4.74 Å². The van der Waals surface area contributed by atoms with E-state index in [2.05, 4.69) is 9.97 Å². The molecule has 3 rings (SSSR count). The number of thiophene rings is 1. The maximum Gasteiger partial charge on any atom is 0.316 e. The van der Waals surface area contributed by atoms with Crippen molar-refractivity contribution in [3.05, 3.63) is 40.6 Å². The van der Waals surface area contributed by atoms with Crippen LogP contribution >= 0.6 is 11.3 Å². The Morgan fingerprint density at radius 1 is 1.43 bits per heavy atom. The van der Waals surface area contributed by atoms with Crippen molar-refractivity contribution in [2.45, 2.75) is 18.9 Å². The summed E-state index contributed by atoms with van der Waals surface area (Å²) >= 11 is 1.43. The van der Waals surface area contributed by atoms with Gasteiger partial charge in [0.05, 0.1) is 23.8 Å². The van der Waals surface area contributed by atoms with E-state index in [1.54, 1.807) is 4.90 Å². The SMILES string of the molecule is O=C(c1cccs1)N1CCCC(Oc2ncc(F)cn2)C1. The van der Waals surface area contributed by atoms with Crippen LogP contribution in [0, 0.1) is 5.82 Å². The van der Waals surface area contributed by atoms with E-state index in [0.29, 0.717) is 6.54 Å². The molecule has 7 heteroatoms. The molecule has 0 aliphatic carbocycles. The van der Waals surface area contributed by atoms with E-state index in [1.807, 2.05) is 17.5 Å². The number of rotatable bonds is 3. The van der Waals surface area contributed by atoms with Crippen molar-refractivity contribution in [1.29, 1.82) is 0 Å². The van der Waals surface area contributed by atoms with Crippen LogP contribution in [-0.4, -0.2) is 40.0 Å². The Kier molecular flexibility index (Phi) is 4.10. The molecule has 1 unspecified atom stereocenters. The third kappa shape index (κ3) is 3.36. The second kappa shape index (κ2) is 6.17. The standard InChI is InChI=1S/C14H14FN3O2S/c15-10-7-16-14(17-8-10)20-11-3-1-5-18(9-11)13(19)12-4-2-6-21-12/h2,4,6-8,11H,1,3,5,9H2. The summed E-state index contributed by atoms with van der Waals surface area (Å²) in [5, 5.41) is 1.89. The van der Waals surface area contributed by atoms with Gasteiger partial charge >= 0.3 is 6.01 Å². The van der Waals surface area contributed by atoms with E-state index < -0.39 is 5.82 Å². The van der Waals surface area contributed by atoms with Gasteiger partial charge in [-0.1, -0.05) is 6.07 Å². The Morgan fingerprint density at radius 3 is 2.95 bits per heavy atom. The first-order valence-corrected chi connectivity index (χ1v) is 7.57. The number of carbonyl (C=O) groups excluding carboxylic acids is 1. The van der Waals surface area contributed by atoms with E-state index in [0.717, 1.165) is 36.7 Å². The number of amides is 1. The molecule has 21 heavy (non-hydrogen) atoms. The van der Waals surface area contributed by atoms with Crippen LogP contribution in [0.1, 0.15) is 22.5 Å². The Bertz CT molecular complexity index is 603. The minimum atomic E-state index is -0.500. The third-order valence-corrected chi connectivity index (χ3v) is 4.12. The van der Waals surface area contributed by atoms with Crippen LogP contribution in [0.5, 0.6) is 6.01 Å². The molecule has 1 fully saturated rings. The maximum absolute atomic E-state index is 12.8. The van der Waals surface area contributed by atoms with Gasteiger partial charge in [-0.05, 0) is 24.3 Å². The molecule has 1 amide bonds. The predicted molar refractivity (Wildman–Crippen MR) is 75.9 cm³/mol. The summed E-state index contributed by atoms with van der Waals surface area (Å²) in [6.07, 6.45) is 3.67. The quantitative estimate of drug-likeness (QED) is 0.873. The molecule has 1 saturated heterocycles. The minimum absolute atomic E-state index is 0.0262. The number of carbonyl (C=O) groups is 1. The van der Waals surface area contributed by atoms with Crippen molar-refractivity contribution in [3.8, 4) is 6.01 Å². The number of nitrogens with zero attached hydrogens (tertiary/aromatic N) is 3. The summed E-state index contributed by atoms with van der Waals surface area (Å²) in [5.41, 5.74) is 0. The number of aromatic nitrogens is 2. The minimum Gasteiger partial charge on any atom is -0.458 e. The molecule has 0 aromatic carbocycles. The molecule has 1 aliphatic rings. The van der Waals surface area contributed by atoms with Gasteiger partial charge in [-0.25, -0.2) is 14.4 Å². The fourth-order valence-electron chi connectivity index (χ4n) is 2.29. The van der Waals surface area contributed by atoms with Gasteiger partial charge in [0.15, 0.2) is 5.82 Å². The van der Waals surface area contributed by atoms with Crippen LogP contribution in [0.3, 0.4) is 0 Å². The van der Waals surface area contributed by atoms with E-state index in [-0.39, 0.29) is 18.0 Å². The molecule has 110 valence electrons. The van der Waals surface area contributed by atoms with E-state index in [9.17, 15) is 9.18 Å². The van der Waals surface area contributed by atoms with Gasteiger partial charge in [0, 0.05) is 6.54 Å². The van der Waals surface area contributed by atoms with Gasteiger partial charge in [0.1, 0.15) is 6.10 Å². The van der Waals surface area contributed by atoms with Crippen molar-refractivity contribution in [2.75, 3.05) is 13.1 Å². The second-order valence-electron chi connectivity index (χ2n) is 4.79. The Labute approximate surface area is 125 Å². The Balaban J connectivity index is 1.63. The molecule has 0 saturated carbocycles. The maximum atomic E-state index is 12.8. The van der Waals surface area contributed by atoms with E-state index in [1.165, 1.54) is 11.3 Å². The zero-order valence-electron chi connectivity index (χ0n) is 11.2. The topological polar surface area (TPSA) is 55.3 Å². The van der Waals surface area contributed by atoms with Crippen LogP contribution in [0.15, 0.2) is 29.9 Å². The Hall–Kier alpha value is -2.02. The number of hydrogen-bond acceptors (Lipinski definition) is 5. The van der Waals surface area contributed by atoms with Crippen molar-refractivity contribution in [1.82, 2.24) is 14.9 Å². The molecule has 1 atom stereocenters. The highest BCUT2D eigenvalue weighted by atomic mass is 32.1. The van der Waals surface area contributed by atoms with Crippen molar-refractivity contribution in [2.24, 2.45) is 0 Å². The lowest BCUT2D eigenvalue weighted by Gasteiger charge is -2.32. The largest absolute Gasteiger partial charge is 0.458 e. The molecule has 1 aliphatic heterocycles. The smallest absolute Gasteiger partial charge is 0.316 e. The summed E-state index contributed by atoms with van der Waals surface area (Å²) in [6.45, 7) is 1.22. The average Bonchev–Trinajstić information content (AvgIpc) is 3.03. The zero-order chi connectivity index (χ0) is 14.7. The number of piperidine rings is 1. The molecule has 0 bridgehead atoms. The normalized spacial score (nSPS) is 18.5. The summed E-state index contributed by atoms with van der Waals surface area (Å²) in [5.74, 6) is -0.473. The third-order valence-electron chi connectivity index (χ3n) is 3.27. The molecule has 2 aromatic heterocycles. The van der Waals surface area contributed by atoms with Crippen molar-refractivity contribution >= 4 is 17.2 Å². The van der Waals surface area contributed by atoms with Crippen molar-refractivity contribution in [3.63, 3.8) is 0 Å². The molecule has 3 heterocycles. The molecular weight excluding hydrogens is 293 g/mol. The molecular formula is C14H14FN3O2S. The summed E-state index contributed by atoms with van der Waals surface area (Å²) in [4.78, 5) is 22.4. The highest BCUT2D eigenvalue weighted by Gasteiger charge is 2.26. The van der Waals surface area contributed by atoms with Crippen LogP contribution in [-0.2, 0) is 0 Å². The number of likely N-dealkylation sites (tertiary alicyclic amines) is 1. The van der Waals surface area contributed by atoms with Gasteiger partial charge < -0.3 is 9.64 Å². The summed E-state index contributed by atoms with van der Waals surface area (Å²) in [6, 6.07) is 3.83. The fraction of sp³-hybridized carbons (Fsp3) is 0.357. The highest BCUT2D eigenvalue weighted by Crippen LogP contribution is 2.19. The molecule has 2 aromatic rings. The number of ether oxygens (including phenoxy) is 1. The van der Waals surface area contributed by atoms with Gasteiger partial charge in [0.2, 0.25) is 0 Å². The van der Waals surface area contributed by atoms with Crippen LogP contribution in [0.2, 0.25) is 0 Å². The summed E-state index contributed by atoms with van der Waals surface area (Å²) in [7, 11) is 0. The van der Waals surface area contributed by atoms with E-state index >= 15 is 0 Å². The lowest BCUT2D eigenvalue weighted by atomic mass is 10.1. The zero-order valence-corrected chi connectivity index (χ0v) is 12.1. The fourth-order valence-corrected chi connectivity index (χ4v) is 2.98. The lowest BCUT2D eigenvalue weighted by molar-refractivity contribution is 0.0519. The average molecular weight is 307 g/mol. The number of halogens is 1. The highest BCUT2D eigenvalue weighted by molar-refractivity contribution is 7.12. The Morgan fingerprint density at radius 2 is 2.24 bits per heavy atom. The van der Waals surface area contributed by atoms with Gasteiger partial charge in [-0.3, -0.25) is 4.79 Å². The van der Waals surface area contributed by atoms with Gasteiger partial charge in [0.25, 0.3) is 5.91 Å². The van der Waals surface area contributed by atoms with Gasteiger partial charge in [-0.15, -0.1) is 11.3 Å². The first kappa shape index (κ1) is 13.9. The summed E-state index contributed by atoms with van der Waals surface area (Å²) < 4.78 is 18.4. The molecule has 0 radical (unpaired) electrons. The van der Waals surface area contributed by atoms with Crippen LogP contribution in [0.4, 0.5) is 4.39 Å². The number of hydrogen-bond donors (Lipinski definition) is 0.